The molecule has 4 atom stereocenters. The predicted molar refractivity (Wildman–Crippen MR) is 86.6 cm³/mol. The van der Waals surface area contributed by atoms with Crippen LogP contribution in [0.1, 0.15) is 52.4 Å². The lowest BCUT2D eigenvalue weighted by Crippen LogP contribution is -2.48. The normalized spacial score (nSPS) is 37.9. The van der Waals surface area contributed by atoms with Crippen LogP contribution in [0.15, 0.2) is 0 Å². The van der Waals surface area contributed by atoms with Gasteiger partial charge in [-0.3, -0.25) is 9.59 Å². The van der Waals surface area contributed by atoms with Gasteiger partial charge in [-0.15, -0.1) is 0 Å². The van der Waals surface area contributed by atoms with Crippen LogP contribution in [-0.2, 0) is 9.59 Å². The Kier molecular flexibility index (Phi) is 5.68. The molecule has 0 spiro atoms. The van der Waals surface area contributed by atoms with Gasteiger partial charge in [0.1, 0.15) is 6.04 Å². The van der Waals surface area contributed by atoms with Gasteiger partial charge in [0, 0.05) is 32.5 Å². The summed E-state index contributed by atoms with van der Waals surface area (Å²) in [5, 5.41) is 20.3. The number of hydrogen-bond donors (Lipinski definition) is 2. The van der Waals surface area contributed by atoms with E-state index < -0.39 is 17.7 Å². The Bertz CT molecular complexity index is 414. The van der Waals surface area contributed by atoms with Crippen LogP contribution in [0.4, 0.5) is 0 Å². The second-order valence-corrected chi connectivity index (χ2v) is 7.55. The fraction of sp³-hybridized carbons (Fsp3) is 0.882. The van der Waals surface area contributed by atoms with Gasteiger partial charge in [0.05, 0.1) is 11.7 Å². The zero-order chi connectivity index (χ0) is 17.2. The van der Waals surface area contributed by atoms with Gasteiger partial charge in [-0.25, -0.2) is 0 Å². The average Bonchev–Trinajstić information content (AvgIpc) is 2.86. The molecule has 0 radical (unpaired) electrons. The van der Waals surface area contributed by atoms with E-state index in [1.54, 1.807) is 16.8 Å². The van der Waals surface area contributed by atoms with E-state index in [4.69, 9.17) is 0 Å². The summed E-state index contributed by atoms with van der Waals surface area (Å²) < 4.78 is 0. The third-order valence-corrected chi connectivity index (χ3v) is 5.21. The van der Waals surface area contributed by atoms with Crippen LogP contribution < -0.4 is 0 Å². The topological polar surface area (TPSA) is 81.1 Å². The third kappa shape index (κ3) is 4.44. The number of carbonyl (C=O) groups excluding carboxylic acids is 2. The van der Waals surface area contributed by atoms with Gasteiger partial charge >= 0.3 is 0 Å². The van der Waals surface area contributed by atoms with Gasteiger partial charge in [0.2, 0.25) is 11.8 Å². The van der Waals surface area contributed by atoms with Crippen molar-refractivity contribution in [3.8, 4) is 0 Å². The van der Waals surface area contributed by atoms with Gasteiger partial charge in [-0.05, 0) is 39.0 Å². The molecule has 0 aliphatic carbocycles. The Hall–Kier alpha value is -1.14. The first-order chi connectivity index (χ1) is 10.7. The van der Waals surface area contributed by atoms with Crippen LogP contribution in [-0.4, -0.2) is 69.7 Å². The first-order valence-corrected chi connectivity index (χ1v) is 8.67. The van der Waals surface area contributed by atoms with Gasteiger partial charge in [0.25, 0.3) is 0 Å². The molecule has 2 N–H and O–H groups in total. The smallest absolute Gasteiger partial charge is 0.245 e. The standard InChI is InChI=1S/C17H30N2O4/c1-12-6-4-7-17(2,23)8-5-9-18(3)16(22)14-10-13(20)11-19(14)15(12)21/h12-14,20,23H,4-11H2,1-3H3/t12?,13?,14?,17-/m0/s1. The SMILES string of the molecule is CC1CCC[C@](C)(O)CCCN(C)C(=O)C2CC(O)CN2C1=O. The van der Waals surface area contributed by atoms with E-state index in [1.165, 1.54) is 0 Å². The molecule has 2 aliphatic heterocycles. The van der Waals surface area contributed by atoms with E-state index in [-0.39, 0.29) is 24.3 Å². The zero-order valence-electron chi connectivity index (χ0n) is 14.5. The zero-order valence-corrected chi connectivity index (χ0v) is 14.5. The van der Waals surface area contributed by atoms with Gasteiger partial charge < -0.3 is 20.0 Å². The molecule has 0 aromatic heterocycles. The molecule has 2 amide bonds. The maximum Gasteiger partial charge on any atom is 0.245 e. The summed E-state index contributed by atoms with van der Waals surface area (Å²) in [6.07, 6.45) is 3.21. The molecule has 2 rings (SSSR count). The highest BCUT2D eigenvalue weighted by atomic mass is 16.3. The molecule has 3 unspecified atom stereocenters. The van der Waals surface area contributed by atoms with Crippen molar-refractivity contribution >= 4 is 11.8 Å². The maximum atomic E-state index is 12.7. The number of aliphatic hydroxyl groups excluding tert-OH is 1. The molecular weight excluding hydrogens is 296 g/mol. The number of amides is 2. The van der Waals surface area contributed by atoms with Gasteiger partial charge in [-0.2, -0.15) is 0 Å². The second-order valence-electron chi connectivity index (χ2n) is 7.55. The van der Waals surface area contributed by atoms with Crippen LogP contribution in [0, 0.1) is 5.92 Å². The van der Waals surface area contributed by atoms with E-state index in [0.717, 1.165) is 12.8 Å². The van der Waals surface area contributed by atoms with Crippen molar-refractivity contribution < 1.29 is 19.8 Å². The molecule has 6 nitrogen and oxygen atoms in total. The first-order valence-electron chi connectivity index (χ1n) is 8.67. The molecule has 2 fully saturated rings. The van der Waals surface area contributed by atoms with Crippen molar-refractivity contribution in [3.05, 3.63) is 0 Å². The number of fused-ring (bicyclic) bond motifs is 1. The molecule has 23 heavy (non-hydrogen) atoms. The van der Waals surface area contributed by atoms with Crippen molar-refractivity contribution in [3.63, 3.8) is 0 Å². The quantitative estimate of drug-likeness (QED) is 0.688. The van der Waals surface area contributed by atoms with Crippen molar-refractivity contribution in [2.45, 2.75) is 70.1 Å². The Morgan fingerprint density at radius 3 is 2.52 bits per heavy atom. The molecule has 6 heteroatoms. The van der Waals surface area contributed by atoms with E-state index in [9.17, 15) is 19.8 Å². The summed E-state index contributed by atoms with van der Waals surface area (Å²) in [5.74, 6) is -0.370. The minimum absolute atomic E-state index is 0.0628. The summed E-state index contributed by atoms with van der Waals surface area (Å²) in [6, 6.07) is -0.550. The lowest BCUT2D eigenvalue weighted by molar-refractivity contribution is -0.145. The van der Waals surface area contributed by atoms with Gasteiger partial charge in [0.15, 0.2) is 0 Å². The molecule has 132 valence electrons. The molecular formula is C17H30N2O4. The van der Waals surface area contributed by atoms with E-state index in [1.807, 2.05) is 13.8 Å². The molecule has 2 aliphatic rings. The van der Waals surface area contributed by atoms with E-state index in [0.29, 0.717) is 32.2 Å². The molecule has 0 aromatic carbocycles. The highest BCUT2D eigenvalue weighted by Crippen LogP contribution is 2.27. The Balaban J connectivity index is 2.18. The lowest BCUT2D eigenvalue weighted by Gasteiger charge is -2.29. The monoisotopic (exact) mass is 326 g/mol. The van der Waals surface area contributed by atoms with Crippen LogP contribution in [0.2, 0.25) is 0 Å². The number of carbonyl (C=O) groups is 2. The summed E-state index contributed by atoms with van der Waals surface area (Å²) in [7, 11) is 1.73. The Morgan fingerprint density at radius 1 is 1.17 bits per heavy atom. The molecule has 2 heterocycles. The summed E-state index contributed by atoms with van der Waals surface area (Å²) in [5.41, 5.74) is -0.743. The van der Waals surface area contributed by atoms with Crippen molar-refractivity contribution in [1.82, 2.24) is 9.80 Å². The number of nitrogens with zero attached hydrogens (tertiary/aromatic N) is 2. The van der Waals surface area contributed by atoms with Crippen LogP contribution >= 0.6 is 0 Å². The molecule has 0 saturated carbocycles. The Labute approximate surface area is 138 Å². The fourth-order valence-electron chi connectivity index (χ4n) is 3.67. The molecule has 0 bridgehead atoms. The number of hydrogen-bond acceptors (Lipinski definition) is 4. The molecule has 2 saturated heterocycles. The fourth-order valence-corrected chi connectivity index (χ4v) is 3.67. The van der Waals surface area contributed by atoms with Crippen LogP contribution in [0.3, 0.4) is 0 Å². The summed E-state index contributed by atoms with van der Waals surface area (Å²) >= 11 is 0. The number of rotatable bonds is 0. The number of likely N-dealkylation sites (N-methyl/N-ethyl adjacent to an activating group) is 1. The minimum atomic E-state index is -0.743. The highest BCUT2D eigenvalue weighted by molar-refractivity contribution is 5.89. The predicted octanol–water partition coefficient (Wildman–Crippen LogP) is 0.758. The number of aliphatic hydroxyl groups is 2. The summed E-state index contributed by atoms with van der Waals surface area (Å²) in [4.78, 5) is 28.5. The van der Waals surface area contributed by atoms with E-state index >= 15 is 0 Å². The first kappa shape index (κ1) is 18.2. The third-order valence-electron chi connectivity index (χ3n) is 5.21. The van der Waals surface area contributed by atoms with E-state index in [2.05, 4.69) is 0 Å². The van der Waals surface area contributed by atoms with Crippen LogP contribution in [0.5, 0.6) is 0 Å². The second kappa shape index (κ2) is 7.18. The van der Waals surface area contributed by atoms with Crippen molar-refractivity contribution in [2.24, 2.45) is 5.92 Å². The maximum absolute atomic E-state index is 12.7. The van der Waals surface area contributed by atoms with Crippen molar-refractivity contribution in [1.29, 1.82) is 0 Å². The van der Waals surface area contributed by atoms with Gasteiger partial charge in [-0.1, -0.05) is 6.92 Å². The minimum Gasteiger partial charge on any atom is -0.391 e. The lowest BCUT2D eigenvalue weighted by atomic mass is 9.91. The highest BCUT2D eigenvalue weighted by Gasteiger charge is 2.41. The Morgan fingerprint density at radius 2 is 1.83 bits per heavy atom. The molecule has 0 aromatic rings. The average molecular weight is 326 g/mol. The largest absolute Gasteiger partial charge is 0.391 e. The van der Waals surface area contributed by atoms with Crippen molar-refractivity contribution in [2.75, 3.05) is 20.1 Å². The van der Waals surface area contributed by atoms with Crippen LogP contribution in [0.25, 0.3) is 0 Å². The summed E-state index contributed by atoms with van der Waals surface area (Å²) in [6.45, 7) is 4.49.